The maximum atomic E-state index is 13.0. The SMILES string of the molecule is C[C@H]1CC(=O)Nc2ccccc2N1C(=O)CN(C)C(=O)C1CCCCC1. The summed E-state index contributed by atoms with van der Waals surface area (Å²) in [4.78, 5) is 40.9. The number of nitrogens with zero attached hydrogens (tertiary/aromatic N) is 2. The van der Waals surface area contributed by atoms with Crippen molar-refractivity contribution in [2.24, 2.45) is 5.92 Å². The zero-order valence-electron chi connectivity index (χ0n) is 15.5. The predicted molar refractivity (Wildman–Crippen MR) is 101 cm³/mol. The van der Waals surface area contributed by atoms with Crippen LogP contribution < -0.4 is 10.2 Å². The van der Waals surface area contributed by atoms with Crippen molar-refractivity contribution in [2.75, 3.05) is 23.8 Å². The third-order valence-electron chi connectivity index (χ3n) is 5.33. The molecule has 0 unspecified atom stereocenters. The molecule has 0 saturated heterocycles. The molecule has 1 saturated carbocycles. The third kappa shape index (κ3) is 3.89. The normalized spacial score (nSPS) is 20.8. The van der Waals surface area contributed by atoms with Gasteiger partial charge in [0.25, 0.3) is 0 Å². The van der Waals surface area contributed by atoms with Crippen molar-refractivity contribution in [3.8, 4) is 0 Å². The monoisotopic (exact) mass is 357 g/mol. The number of carbonyl (C=O) groups is 3. The number of hydrogen-bond acceptors (Lipinski definition) is 3. The lowest BCUT2D eigenvalue weighted by Gasteiger charge is -2.31. The minimum absolute atomic E-state index is 0.0300. The van der Waals surface area contributed by atoms with Crippen LogP contribution in [0.3, 0.4) is 0 Å². The molecule has 6 nitrogen and oxygen atoms in total. The van der Waals surface area contributed by atoms with Crippen LogP contribution in [0, 0.1) is 5.92 Å². The predicted octanol–water partition coefficient (Wildman–Crippen LogP) is 2.79. The quantitative estimate of drug-likeness (QED) is 0.904. The first kappa shape index (κ1) is 18.4. The number of rotatable bonds is 3. The number of benzene rings is 1. The molecule has 0 aromatic heterocycles. The molecule has 6 heteroatoms. The van der Waals surface area contributed by atoms with E-state index in [-0.39, 0.29) is 42.6 Å². The standard InChI is InChI=1S/C20H27N3O3/c1-14-12-18(24)21-16-10-6-7-11-17(16)23(14)19(25)13-22(2)20(26)15-8-4-3-5-9-15/h6-7,10-11,14-15H,3-5,8-9,12-13H2,1-2H3,(H,21,24)/t14-/m0/s1. The van der Waals surface area contributed by atoms with Crippen molar-refractivity contribution in [2.45, 2.75) is 51.5 Å². The van der Waals surface area contributed by atoms with Gasteiger partial charge in [0.2, 0.25) is 17.7 Å². The number of nitrogens with one attached hydrogen (secondary N) is 1. The Morgan fingerprint density at radius 2 is 1.88 bits per heavy atom. The molecule has 1 aliphatic carbocycles. The van der Waals surface area contributed by atoms with Crippen LogP contribution in [0.1, 0.15) is 45.4 Å². The fraction of sp³-hybridized carbons (Fsp3) is 0.550. The molecule has 0 bridgehead atoms. The maximum Gasteiger partial charge on any atom is 0.246 e. The largest absolute Gasteiger partial charge is 0.336 e. The van der Waals surface area contributed by atoms with E-state index >= 15 is 0 Å². The van der Waals surface area contributed by atoms with Crippen molar-refractivity contribution in [3.05, 3.63) is 24.3 Å². The van der Waals surface area contributed by atoms with Gasteiger partial charge in [0, 0.05) is 25.4 Å². The molecule has 0 radical (unpaired) electrons. The van der Waals surface area contributed by atoms with Gasteiger partial charge < -0.3 is 15.1 Å². The number of anilines is 2. The van der Waals surface area contributed by atoms with Gasteiger partial charge in [0.05, 0.1) is 17.9 Å². The molecule has 2 aliphatic rings. The van der Waals surface area contributed by atoms with Gasteiger partial charge in [-0.05, 0) is 31.9 Å². The topological polar surface area (TPSA) is 69.7 Å². The molecule has 1 aliphatic heterocycles. The summed E-state index contributed by atoms with van der Waals surface area (Å²) < 4.78 is 0. The zero-order chi connectivity index (χ0) is 18.7. The number of carbonyl (C=O) groups excluding carboxylic acids is 3. The van der Waals surface area contributed by atoms with Crippen LogP contribution in [0.25, 0.3) is 0 Å². The van der Waals surface area contributed by atoms with E-state index in [0.29, 0.717) is 11.4 Å². The summed E-state index contributed by atoms with van der Waals surface area (Å²) in [5.41, 5.74) is 1.32. The van der Waals surface area contributed by atoms with Crippen LogP contribution in [0.5, 0.6) is 0 Å². The zero-order valence-corrected chi connectivity index (χ0v) is 15.5. The number of amides is 3. The first-order chi connectivity index (χ1) is 12.5. The first-order valence-corrected chi connectivity index (χ1v) is 9.43. The van der Waals surface area contributed by atoms with E-state index in [2.05, 4.69) is 5.32 Å². The minimum atomic E-state index is -0.260. The molecule has 3 rings (SSSR count). The Hall–Kier alpha value is -2.37. The van der Waals surface area contributed by atoms with E-state index in [1.165, 1.54) is 6.42 Å². The maximum absolute atomic E-state index is 13.0. The van der Waals surface area contributed by atoms with Gasteiger partial charge in [0.1, 0.15) is 0 Å². The highest BCUT2D eigenvalue weighted by Crippen LogP contribution is 2.31. The molecule has 1 atom stereocenters. The highest BCUT2D eigenvalue weighted by Gasteiger charge is 2.32. The second-order valence-electron chi connectivity index (χ2n) is 7.41. The highest BCUT2D eigenvalue weighted by atomic mass is 16.2. The molecule has 1 heterocycles. The van der Waals surface area contributed by atoms with Gasteiger partial charge in [-0.25, -0.2) is 0 Å². The number of fused-ring (bicyclic) bond motifs is 1. The summed E-state index contributed by atoms with van der Waals surface area (Å²) in [5, 5.41) is 2.85. The average molecular weight is 357 g/mol. The lowest BCUT2D eigenvalue weighted by atomic mass is 9.88. The summed E-state index contributed by atoms with van der Waals surface area (Å²) >= 11 is 0. The van der Waals surface area contributed by atoms with Crippen molar-refractivity contribution >= 4 is 29.1 Å². The van der Waals surface area contributed by atoms with Crippen LogP contribution >= 0.6 is 0 Å². The fourth-order valence-corrected chi connectivity index (χ4v) is 3.99. The molecule has 1 N–H and O–H groups in total. The van der Waals surface area contributed by atoms with Crippen LogP contribution in [-0.2, 0) is 14.4 Å². The molecule has 3 amide bonds. The van der Waals surface area contributed by atoms with E-state index in [4.69, 9.17) is 0 Å². The lowest BCUT2D eigenvalue weighted by molar-refractivity contribution is -0.138. The highest BCUT2D eigenvalue weighted by molar-refractivity contribution is 6.05. The van der Waals surface area contributed by atoms with E-state index in [1.807, 2.05) is 25.1 Å². The smallest absolute Gasteiger partial charge is 0.246 e. The molecule has 1 aromatic carbocycles. The van der Waals surface area contributed by atoms with Gasteiger partial charge >= 0.3 is 0 Å². The van der Waals surface area contributed by atoms with Crippen LogP contribution in [0.2, 0.25) is 0 Å². The number of likely N-dealkylation sites (N-methyl/N-ethyl adjacent to an activating group) is 1. The van der Waals surface area contributed by atoms with Crippen molar-refractivity contribution in [1.29, 1.82) is 0 Å². The van der Waals surface area contributed by atoms with E-state index in [9.17, 15) is 14.4 Å². The Balaban J connectivity index is 1.75. The minimum Gasteiger partial charge on any atom is -0.336 e. The molecular weight excluding hydrogens is 330 g/mol. The lowest BCUT2D eigenvalue weighted by Crippen LogP contribution is -2.46. The third-order valence-corrected chi connectivity index (χ3v) is 5.33. The van der Waals surface area contributed by atoms with Crippen LogP contribution in [0.4, 0.5) is 11.4 Å². The Morgan fingerprint density at radius 1 is 1.19 bits per heavy atom. The van der Waals surface area contributed by atoms with Crippen molar-refractivity contribution < 1.29 is 14.4 Å². The Kier molecular flexibility index (Phi) is 5.59. The average Bonchev–Trinajstić information content (AvgIpc) is 2.75. The Morgan fingerprint density at radius 3 is 2.62 bits per heavy atom. The Labute approximate surface area is 154 Å². The second kappa shape index (κ2) is 7.89. The summed E-state index contributed by atoms with van der Waals surface area (Å²) in [7, 11) is 1.70. The van der Waals surface area contributed by atoms with Gasteiger partial charge in [-0.2, -0.15) is 0 Å². The van der Waals surface area contributed by atoms with Gasteiger partial charge in [-0.15, -0.1) is 0 Å². The number of para-hydroxylation sites is 2. The second-order valence-corrected chi connectivity index (χ2v) is 7.41. The number of hydrogen-bond donors (Lipinski definition) is 1. The molecule has 140 valence electrons. The molecular formula is C20H27N3O3. The summed E-state index contributed by atoms with van der Waals surface area (Å²) in [5.74, 6) is -0.165. The van der Waals surface area contributed by atoms with Crippen LogP contribution in [-0.4, -0.2) is 42.3 Å². The van der Waals surface area contributed by atoms with E-state index in [1.54, 1.807) is 22.9 Å². The molecule has 1 fully saturated rings. The van der Waals surface area contributed by atoms with E-state index < -0.39 is 0 Å². The van der Waals surface area contributed by atoms with Gasteiger partial charge in [-0.3, -0.25) is 14.4 Å². The fourth-order valence-electron chi connectivity index (χ4n) is 3.99. The molecule has 1 aromatic rings. The molecule has 0 spiro atoms. The van der Waals surface area contributed by atoms with Gasteiger partial charge in [0.15, 0.2) is 0 Å². The van der Waals surface area contributed by atoms with Crippen LogP contribution in [0.15, 0.2) is 24.3 Å². The summed E-state index contributed by atoms with van der Waals surface area (Å²) in [6.45, 7) is 1.89. The summed E-state index contributed by atoms with van der Waals surface area (Å²) in [6.07, 6.45) is 5.43. The summed E-state index contributed by atoms with van der Waals surface area (Å²) in [6, 6.07) is 7.04. The van der Waals surface area contributed by atoms with E-state index in [0.717, 1.165) is 25.7 Å². The van der Waals surface area contributed by atoms with Gasteiger partial charge in [-0.1, -0.05) is 31.4 Å². The molecule has 26 heavy (non-hydrogen) atoms. The first-order valence-electron chi connectivity index (χ1n) is 9.43. The van der Waals surface area contributed by atoms with Crippen molar-refractivity contribution in [1.82, 2.24) is 4.90 Å². The van der Waals surface area contributed by atoms with Crippen molar-refractivity contribution in [3.63, 3.8) is 0 Å². The Bertz CT molecular complexity index is 697.